The lowest BCUT2D eigenvalue weighted by Gasteiger charge is -2.24. The molecule has 0 heterocycles. The maximum atomic E-state index is 12.1. The van der Waals surface area contributed by atoms with Crippen LogP contribution in [0.25, 0.3) is 0 Å². The smallest absolute Gasteiger partial charge is 0.354 e. The lowest BCUT2D eigenvalue weighted by atomic mass is 10.2. The fraction of sp³-hybridized carbons (Fsp3) is 0.286. The number of methoxy groups -OCH3 is 1. The van der Waals surface area contributed by atoms with Crippen LogP contribution in [0, 0.1) is 0 Å². The minimum absolute atomic E-state index is 0.104. The predicted octanol–water partition coefficient (Wildman–Crippen LogP) is 2.90. The van der Waals surface area contributed by atoms with Gasteiger partial charge in [-0.2, -0.15) is 0 Å². The van der Waals surface area contributed by atoms with Crippen LogP contribution in [0.3, 0.4) is 0 Å². The standard InChI is InChI=1S/C14H15Cl2NO3/c1-3-11(14(19)20-2)17(13(18)12(15)16)9-10-7-5-4-6-8-10/h3-8,12H,9H2,1-2H3/b11-3-. The Bertz CT molecular complexity index is 500. The van der Waals surface area contributed by atoms with Crippen LogP contribution in [0.2, 0.25) is 0 Å². The summed E-state index contributed by atoms with van der Waals surface area (Å²) in [6.45, 7) is 1.82. The SMILES string of the molecule is C/C=C(/C(=O)OC)N(Cc1ccccc1)C(=O)C(Cl)Cl. The highest BCUT2D eigenvalue weighted by Crippen LogP contribution is 2.17. The van der Waals surface area contributed by atoms with E-state index in [1.807, 2.05) is 30.3 Å². The summed E-state index contributed by atoms with van der Waals surface area (Å²) in [5.41, 5.74) is 0.950. The number of halogens is 2. The second-order valence-electron chi connectivity index (χ2n) is 3.88. The molecule has 0 spiro atoms. The molecule has 0 aliphatic rings. The van der Waals surface area contributed by atoms with Gasteiger partial charge in [0.2, 0.25) is 0 Å². The first kappa shape index (κ1) is 16.5. The third-order valence-electron chi connectivity index (χ3n) is 2.59. The van der Waals surface area contributed by atoms with Crippen molar-refractivity contribution in [3.63, 3.8) is 0 Å². The van der Waals surface area contributed by atoms with Crippen molar-refractivity contribution >= 4 is 35.1 Å². The molecule has 0 bridgehead atoms. The van der Waals surface area contributed by atoms with Crippen molar-refractivity contribution in [1.82, 2.24) is 4.90 Å². The molecule has 20 heavy (non-hydrogen) atoms. The molecule has 4 nitrogen and oxygen atoms in total. The minimum Gasteiger partial charge on any atom is -0.464 e. The van der Waals surface area contributed by atoms with Crippen molar-refractivity contribution in [3.05, 3.63) is 47.7 Å². The predicted molar refractivity (Wildman–Crippen MR) is 78.3 cm³/mol. The zero-order valence-corrected chi connectivity index (χ0v) is 12.7. The molecule has 0 N–H and O–H groups in total. The van der Waals surface area contributed by atoms with Crippen molar-refractivity contribution in [1.29, 1.82) is 0 Å². The second-order valence-corrected chi connectivity index (χ2v) is 4.97. The van der Waals surface area contributed by atoms with Gasteiger partial charge in [0.05, 0.1) is 13.7 Å². The second kappa shape index (κ2) is 7.92. The normalized spacial score (nSPS) is 11.3. The van der Waals surface area contributed by atoms with Gasteiger partial charge in [0.1, 0.15) is 5.70 Å². The molecular formula is C14H15Cl2NO3. The van der Waals surface area contributed by atoms with Crippen LogP contribution in [0.1, 0.15) is 12.5 Å². The number of esters is 1. The van der Waals surface area contributed by atoms with Gasteiger partial charge in [-0.05, 0) is 12.5 Å². The van der Waals surface area contributed by atoms with Gasteiger partial charge < -0.3 is 4.74 Å². The molecule has 6 heteroatoms. The number of rotatable bonds is 5. The summed E-state index contributed by atoms with van der Waals surface area (Å²) in [4.78, 5) is 23.8. The number of carbonyl (C=O) groups is 2. The zero-order valence-electron chi connectivity index (χ0n) is 11.2. The Morgan fingerprint density at radius 3 is 2.35 bits per heavy atom. The fourth-order valence-corrected chi connectivity index (χ4v) is 1.89. The summed E-state index contributed by atoms with van der Waals surface area (Å²) in [6.07, 6.45) is 1.49. The number of hydrogen-bond donors (Lipinski definition) is 0. The monoisotopic (exact) mass is 315 g/mol. The highest BCUT2D eigenvalue weighted by Gasteiger charge is 2.27. The van der Waals surface area contributed by atoms with Gasteiger partial charge in [-0.15, -0.1) is 0 Å². The quantitative estimate of drug-likeness (QED) is 0.477. The van der Waals surface area contributed by atoms with E-state index < -0.39 is 16.7 Å². The number of ether oxygens (including phenoxy) is 1. The van der Waals surface area contributed by atoms with Crippen LogP contribution in [-0.2, 0) is 20.9 Å². The van der Waals surface area contributed by atoms with E-state index in [9.17, 15) is 9.59 Å². The lowest BCUT2D eigenvalue weighted by molar-refractivity contribution is -0.142. The van der Waals surface area contributed by atoms with E-state index in [0.29, 0.717) is 0 Å². The van der Waals surface area contributed by atoms with Crippen LogP contribution >= 0.6 is 23.2 Å². The van der Waals surface area contributed by atoms with E-state index in [0.717, 1.165) is 5.56 Å². The molecule has 0 radical (unpaired) electrons. The average Bonchev–Trinajstić information content (AvgIpc) is 2.46. The summed E-state index contributed by atoms with van der Waals surface area (Å²) in [5.74, 6) is -1.19. The number of alkyl halides is 2. The Hall–Kier alpha value is -1.52. The first-order valence-corrected chi connectivity index (χ1v) is 6.76. The third-order valence-corrected chi connectivity index (χ3v) is 2.97. The summed E-state index contributed by atoms with van der Waals surface area (Å²) in [7, 11) is 1.25. The highest BCUT2D eigenvalue weighted by atomic mass is 35.5. The molecule has 0 aliphatic carbocycles. The zero-order chi connectivity index (χ0) is 15.1. The highest BCUT2D eigenvalue weighted by molar-refractivity contribution is 6.53. The Morgan fingerprint density at radius 1 is 1.30 bits per heavy atom. The Balaban J connectivity index is 3.08. The van der Waals surface area contributed by atoms with Crippen LogP contribution in [0.4, 0.5) is 0 Å². The van der Waals surface area contributed by atoms with E-state index in [-0.39, 0.29) is 12.2 Å². The van der Waals surface area contributed by atoms with Gasteiger partial charge in [-0.1, -0.05) is 59.6 Å². The molecule has 1 rings (SSSR count). The van der Waals surface area contributed by atoms with Crippen LogP contribution in [0.15, 0.2) is 42.1 Å². The molecule has 1 amide bonds. The summed E-state index contributed by atoms with van der Waals surface area (Å²) < 4.78 is 4.66. The summed E-state index contributed by atoms with van der Waals surface area (Å²) in [5, 5.41) is 0. The number of carbonyl (C=O) groups excluding carboxylic acids is 2. The summed E-state index contributed by atoms with van der Waals surface area (Å²) >= 11 is 11.3. The van der Waals surface area contributed by atoms with E-state index in [2.05, 4.69) is 4.74 Å². The molecule has 0 saturated carbocycles. The minimum atomic E-state index is -1.25. The van der Waals surface area contributed by atoms with E-state index in [1.54, 1.807) is 6.92 Å². The van der Waals surface area contributed by atoms with Gasteiger partial charge in [-0.3, -0.25) is 9.69 Å². The molecule has 108 valence electrons. The van der Waals surface area contributed by atoms with E-state index >= 15 is 0 Å². The van der Waals surface area contributed by atoms with Crippen molar-refractivity contribution < 1.29 is 14.3 Å². The van der Waals surface area contributed by atoms with Crippen molar-refractivity contribution in [3.8, 4) is 0 Å². The number of allylic oxidation sites excluding steroid dienone is 1. The molecule has 0 aliphatic heterocycles. The van der Waals surface area contributed by atoms with Crippen molar-refractivity contribution in [2.45, 2.75) is 18.3 Å². The topological polar surface area (TPSA) is 46.6 Å². The molecule has 0 saturated heterocycles. The Labute approximate surface area is 127 Å². The molecule has 1 aromatic rings. The number of hydrogen-bond acceptors (Lipinski definition) is 3. The van der Waals surface area contributed by atoms with Crippen molar-refractivity contribution in [2.75, 3.05) is 7.11 Å². The number of amides is 1. The molecule has 0 aromatic heterocycles. The molecule has 0 fully saturated rings. The molecule has 1 aromatic carbocycles. The molecular weight excluding hydrogens is 301 g/mol. The third kappa shape index (κ3) is 4.25. The average molecular weight is 316 g/mol. The van der Waals surface area contributed by atoms with Gasteiger partial charge >= 0.3 is 5.97 Å². The van der Waals surface area contributed by atoms with Gasteiger partial charge in [-0.25, -0.2) is 4.79 Å². The Kier molecular flexibility index (Phi) is 6.55. The Morgan fingerprint density at radius 2 is 1.90 bits per heavy atom. The van der Waals surface area contributed by atoms with Crippen molar-refractivity contribution in [2.24, 2.45) is 0 Å². The van der Waals surface area contributed by atoms with Gasteiger partial charge in [0.25, 0.3) is 5.91 Å². The summed E-state index contributed by atoms with van der Waals surface area (Å²) in [6, 6.07) is 9.21. The molecule has 0 atom stereocenters. The van der Waals surface area contributed by atoms with Gasteiger partial charge in [0.15, 0.2) is 4.84 Å². The number of benzene rings is 1. The van der Waals surface area contributed by atoms with Gasteiger partial charge in [0, 0.05) is 0 Å². The largest absolute Gasteiger partial charge is 0.464 e. The fourth-order valence-electron chi connectivity index (χ4n) is 1.65. The van der Waals surface area contributed by atoms with Crippen LogP contribution in [-0.4, -0.2) is 28.7 Å². The first-order chi connectivity index (χ1) is 9.51. The van der Waals surface area contributed by atoms with Crippen LogP contribution < -0.4 is 0 Å². The van der Waals surface area contributed by atoms with Crippen LogP contribution in [0.5, 0.6) is 0 Å². The maximum Gasteiger partial charge on any atom is 0.354 e. The molecule has 0 unspecified atom stereocenters. The maximum absolute atomic E-state index is 12.1. The van der Waals surface area contributed by atoms with E-state index in [4.69, 9.17) is 23.2 Å². The lowest BCUT2D eigenvalue weighted by Crippen LogP contribution is -2.37. The first-order valence-electron chi connectivity index (χ1n) is 5.89. The number of nitrogens with zero attached hydrogens (tertiary/aromatic N) is 1. The van der Waals surface area contributed by atoms with E-state index in [1.165, 1.54) is 18.1 Å².